The summed E-state index contributed by atoms with van der Waals surface area (Å²) in [6.07, 6.45) is 0. The lowest BCUT2D eigenvalue weighted by molar-refractivity contribution is -0.129. The number of carbonyl (C=O) groups excluding carboxylic acids is 2. The number of hydrogen-bond acceptors (Lipinski definition) is 8. The van der Waals surface area contributed by atoms with Gasteiger partial charge in [-0.25, -0.2) is 9.59 Å². The minimum absolute atomic E-state index is 2.21. The van der Waals surface area contributed by atoms with Gasteiger partial charge in [0, 0.05) is 0 Å². The number of carbonyl (C=O) groups is 2. The van der Waals surface area contributed by atoms with Crippen LogP contribution in [0.5, 0.6) is 0 Å². The van der Waals surface area contributed by atoms with Crippen molar-refractivity contribution in [3.05, 3.63) is 0 Å². The van der Waals surface area contributed by atoms with E-state index in [1.165, 1.54) is 0 Å². The standard InChI is InChI=1S/C2H6O8P2/c3-1(11(5,6)7)2(4)12(8,9)10/h5-10H/q+2. The zero-order chi connectivity index (χ0) is 10.2. The molecular formula is C2H6O8P2+2. The van der Waals surface area contributed by atoms with E-state index >= 15 is 0 Å². The first-order valence-corrected chi connectivity index (χ1v) is 5.60. The van der Waals surface area contributed by atoms with E-state index in [4.69, 9.17) is 29.4 Å². The van der Waals surface area contributed by atoms with E-state index < -0.39 is 26.9 Å². The Balaban J connectivity index is 4.66. The molecule has 0 aromatic rings. The maximum absolute atomic E-state index is 10.3. The van der Waals surface area contributed by atoms with Gasteiger partial charge in [0.05, 0.1) is 0 Å². The first kappa shape index (κ1) is 12.0. The summed E-state index contributed by atoms with van der Waals surface area (Å²) < 4.78 is 0. The normalized spacial score (nSPS) is 12.8. The molecule has 0 aliphatic carbocycles. The summed E-state index contributed by atoms with van der Waals surface area (Å²) in [4.78, 5) is 69.6. The van der Waals surface area contributed by atoms with Crippen molar-refractivity contribution in [3.63, 3.8) is 0 Å². The van der Waals surface area contributed by atoms with Crippen molar-refractivity contribution >= 4 is 26.9 Å². The molecule has 0 spiro atoms. The second-order valence-electron chi connectivity index (χ2n) is 1.75. The lowest BCUT2D eigenvalue weighted by Gasteiger charge is -2.00. The largest absolute Gasteiger partial charge is 0.492 e. The summed E-state index contributed by atoms with van der Waals surface area (Å²) in [6.45, 7) is 0. The van der Waals surface area contributed by atoms with Crippen molar-refractivity contribution in [2.45, 2.75) is 0 Å². The van der Waals surface area contributed by atoms with E-state index in [-0.39, 0.29) is 0 Å². The summed E-state index contributed by atoms with van der Waals surface area (Å²) in [5.41, 5.74) is -4.41. The van der Waals surface area contributed by atoms with Gasteiger partial charge in [-0.15, -0.1) is 0 Å². The minimum atomic E-state index is -5.10. The van der Waals surface area contributed by atoms with Gasteiger partial charge < -0.3 is 0 Å². The summed E-state index contributed by atoms with van der Waals surface area (Å²) in [6, 6.07) is 0. The molecule has 0 amide bonds. The molecule has 0 aliphatic heterocycles. The summed E-state index contributed by atoms with van der Waals surface area (Å²) >= 11 is 0. The maximum atomic E-state index is 10.3. The highest BCUT2D eigenvalue weighted by molar-refractivity contribution is 7.90. The average Bonchev–Trinajstić information content (AvgIpc) is 1.80. The second-order valence-corrected chi connectivity index (χ2v) is 4.83. The predicted molar refractivity (Wildman–Crippen MR) is 37.2 cm³/mol. The lowest BCUT2D eigenvalue weighted by Crippen LogP contribution is -2.20. The van der Waals surface area contributed by atoms with Crippen LogP contribution in [0.15, 0.2) is 0 Å². The fourth-order valence-corrected chi connectivity index (χ4v) is 1.57. The van der Waals surface area contributed by atoms with Crippen molar-refractivity contribution < 1.29 is 38.9 Å². The van der Waals surface area contributed by atoms with Crippen molar-refractivity contribution in [3.8, 4) is 0 Å². The highest BCUT2D eigenvalue weighted by atomic mass is 31.2. The molecule has 6 N–H and O–H groups in total. The van der Waals surface area contributed by atoms with Crippen LogP contribution in [0.1, 0.15) is 0 Å². The van der Waals surface area contributed by atoms with Crippen LogP contribution in [-0.4, -0.2) is 40.4 Å². The maximum Gasteiger partial charge on any atom is 0.492 e. The molecule has 0 atom stereocenters. The van der Waals surface area contributed by atoms with Crippen LogP contribution >= 0.6 is 15.9 Å². The average molecular weight is 220 g/mol. The van der Waals surface area contributed by atoms with Crippen molar-refractivity contribution in [1.82, 2.24) is 0 Å². The Kier molecular flexibility index (Phi) is 3.36. The van der Waals surface area contributed by atoms with Gasteiger partial charge >= 0.3 is 26.9 Å². The van der Waals surface area contributed by atoms with Gasteiger partial charge in [-0.05, 0) is 0 Å². The Morgan fingerprint density at radius 1 is 0.667 bits per heavy atom. The van der Waals surface area contributed by atoms with Crippen molar-refractivity contribution in [2.24, 2.45) is 0 Å². The van der Waals surface area contributed by atoms with Gasteiger partial charge in [-0.1, -0.05) is 0 Å². The van der Waals surface area contributed by atoms with Gasteiger partial charge in [0.1, 0.15) is 0 Å². The molecule has 0 heterocycles. The Bertz CT molecular complexity index is 184. The summed E-state index contributed by atoms with van der Waals surface area (Å²) in [5.74, 6) is 0. The van der Waals surface area contributed by atoms with Gasteiger partial charge in [0.2, 0.25) is 0 Å². The molecule has 0 unspecified atom stereocenters. The molecule has 0 saturated carbocycles. The molecular weight excluding hydrogens is 214 g/mol. The Morgan fingerprint density at radius 3 is 0.917 bits per heavy atom. The van der Waals surface area contributed by atoms with Gasteiger partial charge in [-0.3, -0.25) is 0 Å². The van der Waals surface area contributed by atoms with E-state index in [1.54, 1.807) is 0 Å². The topological polar surface area (TPSA) is 156 Å². The van der Waals surface area contributed by atoms with Crippen molar-refractivity contribution in [1.29, 1.82) is 0 Å². The molecule has 0 fully saturated rings. The van der Waals surface area contributed by atoms with Gasteiger partial charge in [0.25, 0.3) is 0 Å². The van der Waals surface area contributed by atoms with Gasteiger partial charge in [0.15, 0.2) is 0 Å². The predicted octanol–water partition coefficient (Wildman–Crippen LogP) is -2.48. The van der Waals surface area contributed by atoms with Crippen LogP contribution in [0, 0.1) is 0 Å². The van der Waals surface area contributed by atoms with Crippen LogP contribution in [0.25, 0.3) is 0 Å². The van der Waals surface area contributed by atoms with E-state index in [2.05, 4.69) is 0 Å². The van der Waals surface area contributed by atoms with Crippen molar-refractivity contribution in [2.75, 3.05) is 0 Å². The number of rotatable bonds is 3. The molecule has 0 saturated heterocycles. The number of hydrogen-bond donors (Lipinski definition) is 6. The van der Waals surface area contributed by atoms with E-state index in [1.807, 2.05) is 0 Å². The molecule has 0 aromatic carbocycles. The zero-order valence-electron chi connectivity index (χ0n) is 5.39. The second kappa shape index (κ2) is 3.37. The zero-order valence-corrected chi connectivity index (χ0v) is 7.18. The van der Waals surface area contributed by atoms with Crippen LogP contribution in [0.2, 0.25) is 0 Å². The highest BCUT2D eigenvalue weighted by Gasteiger charge is 2.61. The fraction of sp³-hybridized carbons (Fsp3) is 0. The Hall–Kier alpha value is -0.0400. The highest BCUT2D eigenvalue weighted by Crippen LogP contribution is 2.54. The Morgan fingerprint density at radius 2 is 0.833 bits per heavy atom. The third-order valence-electron chi connectivity index (χ3n) is 0.728. The molecule has 0 radical (unpaired) electrons. The molecule has 12 heavy (non-hydrogen) atoms. The molecule has 8 nitrogen and oxygen atoms in total. The molecule has 0 rings (SSSR count). The van der Waals surface area contributed by atoms with Crippen LogP contribution < -0.4 is 0 Å². The molecule has 10 heteroatoms. The third-order valence-corrected chi connectivity index (χ3v) is 2.40. The monoisotopic (exact) mass is 220 g/mol. The summed E-state index contributed by atoms with van der Waals surface area (Å²) in [5, 5.41) is 0. The molecule has 70 valence electrons. The fourth-order valence-electron chi connectivity index (χ4n) is 0.257. The summed E-state index contributed by atoms with van der Waals surface area (Å²) in [7, 11) is -10.2. The molecule has 0 aromatic heterocycles. The molecule has 0 aliphatic rings. The quantitative estimate of drug-likeness (QED) is 0.225. The van der Waals surface area contributed by atoms with Gasteiger partial charge in [-0.2, -0.15) is 29.4 Å². The van der Waals surface area contributed by atoms with Crippen LogP contribution in [0.3, 0.4) is 0 Å². The van der Waals surface area contributed by atoms with Crippen LogP contribution in [-0.2, 0) is 9.59 Å². The van der Waals surface area contributed by atoms with E-state index in [0.29, 0.717) is 0 Å². The SMILES string of the molecule is O=C(C(=O)[P+](O)(O)O)[P+](O)(O)O. The third kappa shape index (κ3) is 3.14. The molecule has 0 bridgehead atoms. The smallest absolute Gasteiger partial charge is 0.229 e. The Labute approximate surface area is 66.9 Å². The minimum Gasteiger partial charge on any atom is -0.229 e. The van der Waals surface area contributed by atoms with E-state index in [0.717, 1.165) is 0 Å². The first-order valence-electron chi connectivity index (χ1n) is 2.31. The van der Waals surface area contributed by atoms with Crippen LogP contribution in [0.4, 0.5) is 0 Å². The first-order chi connectivity index (χ1) is 5.07. The van der Waals surface area contributed by atoms with E-state index in [9.17, 15) is 9.59 Å². The lowest BCUT2D eigenvalue weighted by atomic mass is 10.9.